The van der Waals surface area contributed by atoms with E-state index in [1.54, 1.807) is 7.11 Å². The molecule has 0 spiro atoms. The fraction of sp³-hybridized carbons (Fsp3) is 0.769. The van der Waals surface area contributed by atoms with Gasteiger partial charge in [-0.2, -0.15) is 0 Å². The summed E-state index contributed by atoms with van der Waals surface area (Å²) in [5, 5.41) is 15.2. The number of nitrogens with zero attached hydrogens (tertiary/aromatic N) is 1. The number of hydrogen-bond acceptors (Lipinski definition) is 5. The summed E-state index contributed by atoms with van der Waals surface area (Å²) in [6, 6.07) is 0.377. The van der Waals surface area contributed by atoms with Crippen molar-refractivity contribution in [1.29, 1.82) is 0 Å². The first-order valence-corrected chi connectivity index (χ1v) is 12.5. The fourth-order valence-corrected chi connectivity index (χ4v) is 4.53. The molecule has 178 valence electrons. The Morgan fingerprint density at radius 3 is 2.48 bits per heavy atom. The first-order valence-electron chi connectivity index (χ1n) is 12.5. The molecular weight excluding hydrogens is 388 g/mol. The predicted molar refractivity (Wildman–Crippen MR) is 129 cm³/mol. The number of hydrogen-bond donors (Lipinski definition) is 2. The van der Waals surface area contributed by atoms with Crippen LogP contribution in [-0.4, -0.2) is 61.5 Å². The van der Waals surface area contributed by atoms with Gasteiger partial charge in [-0.3, -0.25) is 0 Å². The molecule has 0 aromatic heterocycles. The van der Waals surface area contributed by atoms with E-state index in [0.717, 1.165) is 43.1 Å². The van der Waals surface area contributed by atoms with Crippen LogP contribution >= 0.6 is 0 Å². The van der Waals surface area contributed by atoms with Crippen molar-refractivity contribution >= 4 is 0 Å². The summed E-state index contributed by atoms with van der Waals surface area (Å²) in [5.41, 5.74) is 0.887. The number of nitrogens with one attached hydrogen (secondary N) is 1. The average Bonchev–Trinajstić information content (AvgIpc) is 3.18. The molecule has 2 rings (SSSR count). The van der Waals surface area contributed by atoms with Crippen LogP contribution in [0.25, 0.3) is 0 Å². The van der Waals surface area contributed by atoms with Crippen molar-refractivity contribution < 1.29 is 14.6 Å². The number of aliphatic hydroxyl groups excluding tert-OH is 1. The van der Waals surface area contributed by atoms with E-state index in [9.17, 15) is 5.11 Å². The van der Waals surface area contributed by atoms with Crippen LogP contribution in [0.5, 0.6) is 0 Å². The van der Waals surface area contributed by atoms with Crippen molar-refractivity contribution in [1.82, 2.24) is 10.2 Å². The zero-order valence-corrected chi connectivity index (χ0v) is 20.4. The van der Waals surface area contributed by atoms with Gasteiger partial charge in [-0.15, -0.1) is 0 Å². The fourth-order valence-electron chi connectivity index (χ4n) is 4.53. The van der Waals surface area contributed by atoms with Crippen LogP contribution in [-0.2, 0) is 9.47 Å². The van der Waals surface area contributed by atoms with Gasteiger partial charge in [0.25, 0.3) is 0 Å². The van der Waals surface area contributed by atoms with E-state index in [2.05, 4.69) is 24.1 Å². The lowest BCUT2D eigenvalue weighted by atomic mass is 9.98. The van der Waals surface area contributed by atoms with E-state index in [-0.39, 0.29) is 6.04 Å². The Balaban J connectivity index is 2.06. The summed E-state index contributed by atoms with van der Waals surface area (Å²) in [6.07, 6.45) is 16.1. The SMILES string of the molecule is CCCCCCCC(C)N[C@H](CN1CCCC1)[C@H](O)C1=CC=C(OCC)CC(OC)=C1. The monoisotopic (exact) mass is 434 g/mol. The third-order valence-electron chi connectivity index (χ3n) is 6.35. The van der Waals surface area contributed by atoms with Crippen LogP contribution in [0, 0.1) is 0 Å². The summed E-state index contributed by atoms with van der Waals surface area (Å²) < 4.78 is 11.3. The lowest BCUT2D eigenvalue weighted by Crippen LogP contribution is -2.51. The van der Waals surface area contributed by atoms with E-state index in [1.165, 1.54) is 44.9 Å². The zero-order valence-electron chi connectivity index (χ0n) is 20.4. The minimum absolute atomic E-state index is 0.00797. The second-order valence-electron chi connectivity index (χ2n) is 9.05. The Morgan fingerprint density at radius 1 is 1.06 bits per heavy atom. The van der Waals surface area contributed by atoms with Gasteiger partial charge in [0, 0.05) is 12.6 Å². The molecule has 1 unspecified atom stereocenters. The Morgan fingerprint density at radius 2 is 1.81 bits per heavy atom. The molecule has 0 radical (unpaired) electrons. The molecule has 1 aliphatic carbocycles. The normalized spacial score (nSPS) is 20.4. The van der Waals surface area contributed by atoms with Crippen molar-refractivity contribution in [3.63, 3.8) is 0 Å². The number of likely N-dealkylation sites (tertiary alicyclic amines) is 1. The van der Waals surface area contributed by atoms with Crippen LogP contribution in [0.3, 0.4) is 0 Å². The van der Waals surface area contributed by atoms with Gasteiger partial charge in [0.1, 0.15) is 11.5 Å². The molecule has 31 heavy (non-hydrogen) atoms. The van der Waals surface area contributed by atoms with Gasteiger partial charge in [0.05, 0.1) is 32.3 Å². The maximum Gasteiger partial charge on any atom is 0.103 e. The van der Waals surface area contributed by atoms with Crippen LogP contribution in [0.4, 0.5) is 0 Å². The predicted octanol–water partition coefficient (Wildman–Crippen LogP) is 4.93. The second kappa shape index (κ2) is 14.7. The first-order chi connectivity index (χ1) is 15.1. The summed E-state index contributed by atoms with van der Waals surface area (Å²) >= 11 is 0. The number of allylic oxidation sites excluding steroid dienone is 2. The van der Waals surface area contributed by atoms with Gasteiger partial charge in [-0.1, -0.05) is 45.1 Å². The standard InChI is InChI=1S/C26H46N2O3/c1-5-7-8-9-10-13-21(3)27-25(20-28-16-11-12-17-28)26(29)22-14-15-23(31-6-2)19-24(18-22)30-4/h14-15,18,21,25-27,29H,5-13,16-17,19-20H2,1-4H3/t21?,25-,26-/m1/s1. The Labute approximate surface area is 190 Å². The maximum absolute atomic E-state index is 11.4. The topological polar surface area (TPSA) is 54.0 Å². The smallest absolute Gasteiger partial charge is 0.103 e. The first kappa shape index (κ1) is 26.0. The van der Waals surface area contributed by atoms with Crippen molar-refractivity contribution in [3.8, 4) is 0 Å². The molecule has 1 saturated heterocycles. The minimum atomic E-state index is -0.592. The largest absolute Gasteiger partial charge is 0.501 e. The highest BCUT2D eigenvalue weighted by atomic mass is 16.5. The second-order valence-corrected chi connectivity index (χ2v) is 9.05. The third kappa shape index (κ3) is 9.38. The molecule has 1 fully saturated rings. The van der Waals surface area contributed by atoms with Gasteiger partial charge in [0.2, 0.25) is 0 Å². The van der Waals surface area contributed by atoms with Gasteiger partial charge in [0.15, 0.2) is 0 Å². The highest BCUT2D eigenvalue weighted by Crippen LogP contribution is 2.23. The van der Waals surface area contributed by atoms with E-state index < -0.39 is 6.10 Å². The molecule has 0 saturated carbocycles. The molecule has 1 aliphatic heterocycles. The van der Waals surface area contributed by atoms with Crippen molar-refractivity contribution in [2.45, 2.75) is 96.7 Å². The van der Waals surface area contributed by atoms with E-state index >= 15 is 0 Å². The summed E-state index contributed by atoms with van der Waals surface area (Å²) in [7, 11) is 1.69. The van der Waals surface area contributed by atoms with Crippen molar-refractivity contribution in [3.05, 3.63) is 35.3 Å². The van der Waals surface area contributed by atoms with Gasteiger partial charge >= 0.3 is 0 Å². The molecule has 0 aromatic rings. The van der Waals surface area contributed by atoms with Crippen molar-refractivity contribution in [2.75, 3.05) is 33.4 Å². The Bertz CT molecular complexity index is 593. The number of unbranched alkanes of at least 4 members (excludes halogenated alkanes) is 4. The van der Waals surface area contributed by atoms with Crippen LogP contribution in [0.2, 0.25) is 0 Å². The highest BCUT2D eigenvalue weighted by Gasteiger charge is 2.27. The quantitative estimate of drug-likeness (QED) is 0.358. The molecule has 0 aromatic carbocycles. The lowest BCUT2D eigenvalue weighted by Gasteiger charge is -2.32. The lowest BCUT2D eigenvalue weighted by molar-refractivity contribution is 0.128. The molecule has 0 amide bonds. The number of methoxy groups -OCH3 is 1. The maximum atomic E-state index is 11.4. The summed E-state index contributed by atoms with van der Waals surface area (Å²) in [5.74, 6) is 1.70. The van der Waals surface area contributed by atoms with E-state index in [0.29, 0.717) is 19.1 Å². The summed E-state index contributed by atoms with van der Waals surface area (Å²) in [4.78, 5) is 2.48. The van der Waals surface area contributed by atoms with Gasteiger partial charge < -0.3 is 24.8 Å². The summed E-state index contributed by atoms with van der Waals surface area (Å²) in [6.45, 7) is 10.3. The molecule has 5 heteroatoms. The molecule has 5 nitrogen and oxygen atoms in total. The Hall–Kier alpha value is -1.30. The Kier molecular flexibility index (Phi) is 12.3. The molecule has 2 aliphatic rings. The van der Waals surface area contributed by atoms with E-state index in [1.807, 2.05) is 25.2 Å². The average molecular weight is 435 g/mol. The number of ether oxygens (including phenoxy) is 2. The third-order valence-corrected chi connectivity index (χ3v) is 6.35. The van der Waals surface area contributed by atoms with Crippen molar-refractivity contribution in [2.24, 2.45) is 0 Å². The molecule has 0 bridgehead atoms. The molecule has 2 N–H and O–H groups in total. The number of rotatable bonds is 15. The molecule has 1 heterocycles. The van der Waals surface area contributed by atoms with Gasteiger partial charge in [-0.05, 0) is 63.9 Å². The highest BCUT2D eigenvalue weighted by molar-refractivity contribution is 5.35. The number of aliphatic hydroxyl groups is 1. The van der Waals surface area contributed by atoms with Crippen LogP contribution in [0.15, 0.2) is 35.3 Å². The minimum Gasteiger partial charge on any atom is -0.501 e. The van der Waals surface area contributed by atoms with Crippen LogP contribution in [0.1, 0.15) is 78.6 Å². The van der Waals surface area contributed by atoms with E-state index in [4.69, 9.17) is 9.47 Å². The van der Waals surface area contributed by atoms with Gasteiger partial charge in [-0.25, -0.2) is 0 Å². The van der Waals surface area contributed by atoms with Crippen LogP contribution < -0.4 is 5.32 Å². The zero-order chi connectivity index (χ0) is 22.5. The molecule has 3 atom stereocenters. The molecular formula is C26H46N2O3.